The highest BCUT2D eigenvalue weighted by atomic mass is 16.6. The molecule has 7 nitrogen and oxygen atoms in total. The van der Waals surface area contributed by atoms with Crippen molar-refractivity contribution in [3.05, 3.63) is 33.9 Å². The molecule has 0 N–H and O–H groups in total. The summed E-state index contributed by atoms with van der Waals surface area (Å²) in [6, 6.07) is 5.81. The van der Waals surface area contributed by atoms with Crippen LogP contribution in [0.25, 0.3) is 0 Å². The second-order valence-electron chi connectivity index (χ2n) is 4.42. The Hall–Kier alpha value is -2.62. The van der Waals surface area contributed by atoms with E-state index in [1.54, 1.807) is 17.0 Å². The van der Waals surface area contributed by atoms with Crippen LogP contribution >= 0.6 is 0 Å². The molecule has 1 saturated heterocycles. The van der Waals surface area contributed by atoms with Crippen molar-refractivity contribution >= 4 is 17.3 Å². The van der Waals surface area contributed by atoms with Crippen LogP contribution in [0.1, 0.15) is 18.4 Å². The number of nitro benzene ring substituents is 1. The van der Waals surface area contributed by atoms with Gasteiger partial charge in [0.1, 0.15) is 23.4 Å². The maximum Gasteiger partial charge on any atom is 0.328 e. The van der Waals surface area contributed by atoms with E-state index < -0.39 is 16.9 Å². The molecule has 1 fully saturated rings. The van der Waals surface area contributed by atoms with Crippen LogP contribution in [0.5, 0.6) is 0 Å². The topological polar surface area (TPSA) is 96.5 Å². The van der Waals surface area contributed by atoms with Gasteiger partial charge >= 0.3 is 11.7 Å². The first kappa shape index (κ1) is 13.8. The summed E-state index contributed by atoms with van der Waals surface area (Å²) in [6.45, 7) is 0.523. The van der Waals surface area contributed by atoms with Gasteiger partial charge in [-0.05, 0) is 25.0 Å². The van der Waals surface area contributed by atoms with Crippen LogP contribution in [-0.2, 0) is 9.53 Å². The highest BCUT2D eigenvalue weighted by molar-refractivity contribution is 5.83. The lowest BCUT2D eigenvalue weighted by Crippen LogP contribution is -2.37. The van der Waals surface area contributed by atoms with Crippen LogP contribution in [0.2, 0.25) is 0 Å². The summed E-state index contributed by atoms with van der Waals surface area (Å²) in [5, 5.41) is 20.2. The number of hydrogen-bond acceptors (Lipinski definition) is 6. The van der Waals surface area contributed by atoms with Crippen molar-refractivity contribution in [1.82, 2.24) is 0 Å². The van der Waals surface area contributed by atoms with E-state index in [0.717, 1.165) is 6.42 Å². The molecule has 0 spiro atoms. The second kappa shape index (κ2) is 5.57. The Kier molecular flexibility index (Phi) is 3.84. The summed E-state index contributed by atoms with van der Waals surface area (Å²) in [5.74, 6) is -0.417. The van der Waals surface area contributed by atoms with Gasteiger partial charge in [-0.3, -0.25) is 10.1 Å². The normalized spacial score (nSPS) is 17.6. The molecular formula is C13H13N3O4. The molecule has 1 atom stereocenters. The van der Waals surface area contributed by atoms with E-state index in [4.69, 9.17) is 10.00 Å². The highest BCUT2D eigenvalue weighted by Gasteiger charge is 2.36. The Morgan fingerprint density at radius 1 is 1.60 bits per heavy atom. The van der Waals surface area contributed by atoms with Gasteiger partial charge in [0.2, 0.25) is 0 Å². The van der Waals surface area contributed by atoms with Gasteiger partial charge in [-0.1, -0.05) is 6.07 Å². The van der Waals surface area contributed by atoms with E-state index in [0.29, 0.717) is 18.7 Å². The van der Waals surface area contributed by atoms with Gasteiger partial charge in [0.15, 0.2) is 0 Å². The van der Waals surface area contributed by atoms with Gasteiger partial charge in [-0.2, -0.15) is 5.26 Å². The van der Waals surface area contributed by atoms with Gasteiger partial charge in [0, 0.05) is 6.54 Å². The van der Waals surface area contributed by atoms with Gasteiger partial charge in [-0.15, -0.1) is 0 Å². The molecule has 1 aromatic carbocycles. The third kappa shape index (κ3) is 2.28. The number of methoxy groups -OCH3 is 1. The molecule has 0 aliphatic carbocycles. The number of hydrogen-bond donors (Lipinski definition) is 0. The summed E-state index contributed by atoms with van der Waals surface area (Å²) in [5.41, 5.74) is 0.0239. The maximum absolute atomic E-state index is 11.7. The first-order valence-electron chi connectivity index (χ1n) is 6.12. The van der Waals surface area contributed by atoms with Crippen molar-refractivity contribution in [2.45, 2.75) is 18.9 Å². The molecule has 1 unspecified atom stereocenters. The maximum atomic E-state index is 11.7. The van der Waals surface area contributed by atoms with E-state index in [2.05, 4.69) is 0 Å². The fourth-order valence-corrected chi connectivity index (χ4v) is 2.48. The molecule has 1 aliphatic rings. The second-order valence-corrected chi connectivity index (χ2v) is 4.42. The number of ether oxygens (including phenoxy) is 1. The molecule has 0 bridgehead atoms. The number of carbonyl (C=O) groups is 1. The smallest absolute Gasteiger partial charge is 0.328 e. The largest absolute Gasteiger partial charge is 0.467 e. The van der Waals surface area contributed by atoms with Crippen molar-refractivity contribution in [3.8, 4) is 6.07 Å². The van der Waals surface area contributed by atoms with E-state index in [1.807, 2.05) is 6.07 Å². The predicted octanol–water partition coefficient (Wildman–Crippen LogP) is 1.61. The van der Waals surface area contributed by atoms with Gasteiger partial charge in [0.05, 0.1) is 12.0 Å². The van der Waals surface area contributed by atoms with Crippen LogP contribution < -0.4 is 4.90 Å². The summed E-state index contributed by atoms with van der Waals surface area (Å²) in [6.07, 6.45) is 1.33. The number of rotatable bonds is 3. The zero-order valence-corrected chi connectivity index (χ0v) is 10.9. The quantitative estimate of drug-likeness (QED) is 0.472. The first-order valence-corrected chi connectivity index (χ1v) is 6.12. The third-order valence-corrected chi connectivity index (χ3v) is 3.35. The molecule has 0 aromatic heterocycles. The third-order valence-electron chi connectivity index (χ3n) is 3.35. The molecule has 2 rings (SSSR count). The summed E-state index contributed by atoms with van der Waals surface area (Å²) < 4.78 is 4.73. The molecule has 1 aromatic rings. The Balaban J connectivity index is 2.50. The summed E-state index contributed by atoms with van der Waals surface area (Å²) >= 11 is 0. The average Bonchev–Trinajstić information content (AvgIpc) is 2.94. The molecule has 1 aliphatic heterocycles. The molecule has 20 heavy (non-hydrogen) atoms. The number of para-hydroxylation sites is 1. The number of nitriles is 1. The van der Waals surface area contributed by atoms with Crippen LogP contribution in [0.3, 0.4) is 0 Å². The van der Waals surface area contributed by atoms with Crippen molar-refractivity contribution in [2.24, 2.45) is 0 Å². The Morgan fingerprint density at radius 3 is 2.95 bits per heavy atom. The highest BCUT2D eigenvalue weighted by Crippen LogP contribution is 2.36. The van der Waals surface area contributed by atoms with Crippen LogP contribution in [0, 0.1) is 21.4 Å². The van der Waals surface area contributed by atoms with Gasteiger partial charge in [0.25, 0.3) is 0 Å². The van der Waals surface area contributed by atoms with Crippen molar-refractivity contribution in [2.75, 3.05) is 18.6 Å². The van der Waals surface area contributed by atoms with Crippen molar-refractivity contribution in [3.63, 3.8) is 0 Å². The monoisotopic (exact) mass is 275 g/mol. The molecule has 1 heterocycles. The average molecular weight is 275 g/mol. The molecule has 0 amide bonds. The lowest BCUT2D eigenvalue weighted by molar-refractivity contribution is -0.384. The number of carbonyl (C=O) groups excluding carboxylic acids is 1. The molecule has 0 radical (unpaired) electrons. The Bertz CT molecular complexity index is 594. The fraction of sp³-hybridized carbons (Fsp3) is 0.385. The van der Waals surface area contributed by atoms with Crippen LogP contribution in [-0.4, -0.2) is 30.6 Å². The molecule has 104 valence electrons. The van der Waals surface area contributed by atoms with Gasteiger partial charge < -0.3 is 9.64 Å². The summed E-state index contributed by atoms with van der Waals surface area (Å²) in [7, 11) is 1.29. The van der Waals surface area contributed by atoms with Crippen LogP contribution in [0.15, 0.2) is 18.2 Å². The Morgan fingerprint density at radius 2 is 2.35 bits per heavy atom. The number of nitrogens with zero attached hydrogens (tertiary/aromatic N) is 3. The van der Waals surface area contributed by atoms with Crippen LogP contribution in [0.4, 0.5) is 11.4 Å². The number of anilines is 1. The van der Waals surface area contributed by atoms with Gasteiger partial charge in [-0.25, -0.2) is 4.79 Å². The van der Waals surface area contributed by atoms with E-state index >= 15 is 0 Å². The lowest BCUT2D eigenvalue weighted by atomic mass is 10.1. The first-order chi connectivity index (χ1) is 9.60. The minimum atomic E-state index is -0.583. The zero-order chi connectivity index (χ0) is 14.7. The Labute approximate surface area is 115 Å². The molecule has 0 saturated carbocycles. The molecule has 7 heteroatoms. The molecular weight excluding hydrogens is 262 g/mol. The minimum absolute atomic E-state index is 0.0111. The minimum Gasteiger partial charge on any atom is -0.467 e. The standard InChI is InChI=1S/C13H13N3O4/c1-20-13(17)11-6-3-7-15(11)10-5-2-4-9(8-14)12(10)16(18)19/h2,4-5,11H,3,6-7H2,1H3. The zero-order valence-electron chi connectivity index (χ0n) is 10.9. The van der Waals surface area contributed by atoms with Crippen molar-refractivity contribution < 1.29 is 14.5 Å². The van der Waals surface area contributed by atoms with Crippen molar-refractivity contribution in [1.29, 1.82) is 5.26 Å². The number of benzene rings is 1. The fourth-order valence-electron chi connectivity index (χ4n) is 2.48. The van der Waals surface area contributed by atoms with E-state index in [9.17, 15) is 14.9 Å². The number of nitro groups is 1. The van der Waals surface area contributed by atoms with E-state index in [-0.39, 0.29) is 11.3 Å². The summed E-state index contributed by atoms with van der Waals surface area (Å²) in [4.78, 5) is 24.0. The van der Waals surface area contributed by atoms with E-state index in [1.165, 1.54) is 13.2 Å². The predicted molar refractivity (Wildman–Crippen MR) is 70.2 cm³/mol. The lowest BCUT2D eigenvalue weighted by Gasteiger charge is -2.24. The SMILES string of the molecule is COC(=O)C1CCCN1c1cccc(C#N)c1[N+](=O)[O-]. The number of esters is 1.